The molecule has 1 unspecified atom stereocenters. The lowest BCUT2D eigenvalue weighted by atomic mass is 9.79. The quantitative estimate of drug-likeness (QED) is 0.662. The predicted molar refractivity (Wildman–Crippen MR) is 104 cm³/mol. The normalized spacial score (nSPS) is 23.1. The lowest BCUT2D eigenvalue weighted by molar-refractivity contribution is 0.0988. The maximum absolute atomic E-state index is 13.5. The molecule has 0 bridgehead atoms. The molecule has 2 aliphatic rings. The second-order valence-corrected chi connectivity index (χ2v) is 8.20. The summed E-state index contributed by atoms with van der Waals surface area (Å²) in [5.41, 5.74) is 2.74. The van der Waals surface area contributed by atoms with E-state index in [-0.39, 0.29) is 5.41 Å². The fourth-order valence-corrected chi connectivity index (χ4v) is 4.77. The number of oxazole rings is 1. The largest absolute Gasteiger partial charge is 0.423 e. The Morgan fingerprint density at radius 2 is 1.89 bits per heavy atom. The molecule has 3 heterocycles. The van der Waals surface area contributed by atoms with E-state index in [4.69, 9.17) is 4.42 Å². The highest BCUT2D eigenvalue weighted by atomic mass is 19.2. The number of para-hydroxylation sites is 2. The van der Waals surface area contributed by atoms with Crippen LogP contribution >= 0.6 is 0 Å². The number of fused-ring (bicyclic) bond motifs is 1. The molecule has 2 aliphatic heterocycles. The SMILES string of the molecule is Fc1ccc(CN2CCCC3(CCN(c4nc5ccccc5o4)C3)C2)cc1F. The number of aromatic nitrogens is 1. The predicted octanol–water partition coefficient (Wildman–Crippen LogP) is 4.60. The van der Waals surface area contributed by atoms with Crippen molar-refractivity contribution < 1.29 is 13.2 Å². The number of piperidine rings is 1. The second-order valence-electron chi connectivity index (χ2n) is 8.20. The summed E-state index contributed by atoms with van der Waals surface area (Å²) in [4.78, 5) is 9.26. The maximum atomic E-state index is 13.5. The minimum absolute atomic E-state index is 0.206. The van der Waals surface area contributed by atoms with Gasteiger partial charge in [-0.2, -0.15) is 4.98 Å². The molecule has 28 heavy (non-hydrogen) atoms. The van der Waals surface area contributed by atoms with Crippen LogP contribution in [0, 0.1) is 17.0 Å². The van der Waals surface area contributed by atoms with E-state index in [0.29, 0.717) is 12.6 Å². The van der Waals surface area contributed by atoms with Crippen molar-refractivity contribution in [2.45, 2.75) is 25.8 Å². The van der Waals surface area contributed by atoms with E-state index in [0.717, 1.165) is 55.7 Å². The van der Waals surface area contributed by atoms with Crippen molar-refractivity contribution in [3.05, 3.63) is 59.7 Å². The Labute approximate surface area is 162 Å². The molecular formula is C22H23F2N3O. The molecule has 6 heteroatoms. The van der Waals surface area contributed by atoms with Crippen LogP contribution in [0.25, 0.3) is 11.1 Å². The summed E-state index contributed by atoms with van der Waals surface area (Å²) in [6, 6.07) is 12.8. The van der Waals surface area contributed by atoms with Gasteiger partial charge >= 0.3 is 0 Å². The second kappa shape index (κ2) is 6.85. The molecule has 2 fully saturated rings. The van der Waals surface area contributed by atoms with Crippen molar-refractivity contribution in [2.75, 3.05) is 31.1 Å². The molecule has 4 nitrogen and oxygen atoms in total. The van der Waals surface area contributed by atoms with E-state index < -0.39 is 11.6 Å². The van der Waals surface area contributed by atoms with Crippen molar-refractivity contribution in [2.24, 2.45) is 5.41 Å². The Morgan fingerprint density at radius 1 is 1.00 bits per heavy atom. The molecule has 1 aromatic heterocycles. The van der Waals surface area contributed by atoms with E-state index in [1.807, 2.05) is 24.3 Å². The lowest BCUT2D eigenvalue weighted by Crippen LogP contribution is -2.44. The van der Waals surface area contributed by atoms with Crippen LogP contribution in [0.15, 0.2) is 46.9 Å². The average molecular weight is 383 g/mol. The first-order valence-electron chi connectivity index (χ1n) is 9.87. The van der Waals surface area contributed by atoms with Crippen molar-refractivity contribution in [3.63, 3.8) is 0 Å². The van der Waals surface area contributed by atoms with Crippen LogP contribution < -0.4 is 4.90 Å². The van der Waals surface area contributed by atoms with Crippen LogP contribution in [-0.2, 0) is 6.54 Å². The standard InChI is InChI=1S/C22H23F2N3O/c23-17-7-6-16(12-18(17)24)13-26-10-3-8-22(14-26)9-11-27(15-22)21-25-19-4-1-2-5-20(19)28-21/h1-2,4-7,12H,3,8-11,13-15H2. The highest BCUT2D eigenvalue weighted by Crippen LogP contribution is 2.41. The first-order valence-corrected chi connectivity index (χ1v) is 9.87. The zero-order chi connectivity index (χ0) is 19.1. The first-order chi connectivity index (χ1) is 13.6. The Morgan fingerprint density at radius 3 is 2.75 bits per heavy atom. The molecule has 2 saturated heterocycles. The molecular weight excluding hydrogens is 360 g/mol. The summed E-state index contributed by atoms with van der Waals surface area (Å²) in [7, 11) is 0. The Bertz CT molecular complexity index is 971. The van der Waals surface area contributed by atoms with Gasteiger partial charge in [-0.3, -0.25) is 4.90 Å². The van der Waals surface area contributed by atoms with Gasteiger partial charge < -0.3 is 9.32 Å². The van der Waals surface area contributed by atoms with E-state index in [2.05, 4.69) is 14.8 Å². The number of likely N-dealkylation sites (tertiary alicyclic amines) is 1. The highest BCUT2D eigenvalue weighted by Gasteiger charge is 2.42. The number of nitrogens with zero attached hydrogens (tertiary/aromatic N) is 3. The number of hydrogen-bond acceptors (Lipinski definition) is 4. The Balaban J connectivity index is 1.29. The lowest BCUT2D eigenvalue weighted by Gasteiger charge is -2.40. The third-order valence-corrected chi connectivity index (χ3v) is 6.12. The molecule has 2 aromatic carbocycles. The Hall–Kier alpha value is -2.47. The van der Waals surface area contributed by atoms with Gasteiger partial charge in [-0.15, -0.1) is 0 Å². The molecule has 1 atom stereocenters. The van der Waals surface area contributed by atoms with E-state index in [9.17, 15) is 8.78 Å². The van der Waals surface area contributed by atoms with Gasteiger partial charge in [0.25, 0.3) is 6.01 Å². The molecule has 0 N–H and O–H groups in total. The summed E-state index contributed by atoms with van der Waals surface area (Å²) in [5.74, 6) is -1.56. The highest BCUT2D eigenvalue weighted by molar-refractivity contribution is 5.74. The van der Waals surface area contributed by atoms with Gasteiger partial charge in [0.1, 0.15) is 5.52 Å². The zero-order valence-electron chi connectivity index (χ0n) is 15.7. The fraction of sp³-hybridized carbons (Fsp3) is 0.409. The topological polar surface area (TPSA) is 32.5 Å². The number of benzene rings is 2. The Kier molecular flexibility index (Phi) is 4.31. The van der Waals surface area contributed by atoms with Crippen molar-refractivity contribution >= 4 is 17.1 Å². The van der Waals surface area contributed by atoms with Gasteiger partial charge in [0.05, 0.1) is 0 Å². The summed E-state index contributed by atoms with van der Waals surface area (Å²) in [5, 5.41) is 0. The van der Waals surface area contributed by atoms with Crippen LogP contribution in [0.1, 0.15) is 24.8 Å². The van der Waals surface area contributed by atoms with Crippen LogP contribution in [0.2, 0.25) is 0 Å². The number of halogens is 2. The van der Waals surface area contributed by atoms with Crippen LogP contribution in [0.4, 0.5) is 14.8 Å². The summed E-state index contributed by atoms with van der Waals surface area (Å²) < 4.78 is 32.7. The van der Waals surface area contributed by atoms with Crippen molar-refractivity contribution in [3.8, 4) is 0 Å². The molecule has 0 amide bonds. The number of rotatable bonds is 3. The van der Waals surface area contributed by atoms with Crippen LogP contribution in [0.3, 0.4) is 0 Å². The van der Waals surface area contributed by atoms with Crippen LogP contribution in [0.5, 0.6) is 0 Å². The first kappa shape index (κ1) is 17.6. The third kappa shape index (κ3) is 3.26. The smallest absolute Gasteiger partial charge is 0.298 e. The van der Waals surface area contributed by atoms with E-state index in [1.54, 1.807) is 6.07 Å². The van der Waals surface area contributed by atoms with Gasteiger partial charge in [-0.25, -0.2) is 8.78 Å². The van der Waals surface area contributed by atoms with E-state index >= 15 is 0 Å². The third-order valence-electron chi connectivity index (χ3n) is 6.12. The van der Waals surface area contributed by atoms with Gasteiger partial charge in [0.2, 0.25) is 0 Å². The van der Waals surface area contributed by atoms with E-state index in [1.165, 1.54) is 18.6 Å². The monoisotopic (exact) mass is 383 g/mol. The number of hydrogen-bond donors (Lipinski definition) is 0. The van der Waals surface area contributed by atoms with Gasteiger partial charge in [0.15, 0.2) is 17.2 Å². The van der Waals surface area contributed by atoms with Gasteiger partial charge in [0, 0.05) is 31.6 Å². The van der Waals surface area contributed by atoms with Gasteiger partial charge in [-0.1, -0.05) is 18.2 Å². The minimum atomic E-state index is -0.788. The summed E-state index contributed by atoms with van der Waals surface area (Å²) >= 11 is 0. The summed E-state index contributed by atoms with van der Waals surface area (Å²) in [6.45, 7) is 4.47. The molecule has 146 valence electrons. The fourth-order valence-electron chi connectivity index (χ4n) is 4.77. The summed E-state index contributed by atoms with van der Waals surface area (Å²) in [6.07, 6.45) is 3.39. The maximum Gasteiger partial charge on any atom is 0.298 e. The molecule has 1 spiro atoms. The number of anilines is 1. The molecule has 0 radical (unpaired) electrons. The van der Waals surface area contributed by atoms with Crippen LogP contribution in [-0.4, -0.2) is 36.1 Å². The minimum Gasteiger partial charge on any atom is -0.423 e. The average Bonchev–Trinajstić information content (AvgIpc) is 3.29. The van der Waals surface area contributed by atoms with Gasteiger partial charge in [-0.05, 0) is 55.6 Å². The van der Waals surface area contributed by atoms with Crippen molar-refractivity contribution in [1.29, 1.82) is 0 Å². The molecule has 3 aromatic rings. The van der Waals surface area contributed by atoms with Crippen molar-refractivity contribution in [1.82, 2.24) is 9.88 Å². The molecule has 5 rings (SSSR count). The zero-order valence-corrected chi connectivity index (χ0v) is 15.7. The molecule has 0 aliphatic carbocycles. The molecule has 0 saturated carbocycles.